The molecule has 1 nitrogen and oxygen atoms in total. The van der Waals surface area contributed by atoms with E-state index in [0.717, 1.165) is 23.1 Å². The molecule has 3 aromatic carbocycles. The van der Waals surface area contributed by atoms with E-state index in [2.05, 4.69) is 18.8 Å². The minimum absolute atomic E-state index is 0. The van der Waals surface area contributed by atoms with Crippen molar-refractivity contribution in [2.75, 3.05) is 0 Å². The SMILES string of the molecule is CCCCCCCCC#Cc1ccc(C(=O)[c-]2cccc2)cc1.[Fe].[cH-]1[cH-][cH-][cH-][cH-]1. The second kappa shape index (κ2) is 15.6. The van der Waals surface area contributed by atoms with Crippen molar-refractivity contribution in [2.24, 2.45) is 0 Å². The van der Waals surface area contributed by atoms with E-state index in [1.54, 1.807) is 0 Å². The van der Waals surface area contributed by atoms with Gasteiger partial charge in [-0.1, -0.05) is 86.3 Å². The van der Waals surface area contributed by atoms with E-state index in [9.17, 15) is 4.79 Å². The van der Waals surface area contributed by atoms with Crippen LogP contribution in [0.1, 0.15) is 73.4 Å². The largest absolute Gasteiger partial charge is 0.748 e. The van der Waals surface area contributed by atoms with Gasteiger partial charge in [0.2, 0.25) is 0 Å². The Balaban J connectivity index is 0.000000610. The molecule has 2 heteroatoms. The predicted octanol–water partition coefficient (Wildman–Crippen LogP) is 7.14. The van der Waals surface area contributed by atoms with Gasteiger partial charge in [0.1, 0.15) is 5.78 Å². The fourth-order valence-corrected chi connectivity index (χ4v) is 2.88. The third kappa shape index (κ3) is 10.1. The zero-order chi connectivity index (χ0) is 19.9. The van der Waals surface area contributed by atoms with Gasteiger partial charge in [-0.05, 0) is 6.42 Å². The summed E-state index contributed by atoms with van der Waals surface area (Å²) < 4.78 is 0. The summed E-state index contributed by atoms with van der Waals surface area (Å²) in [5, 5.41) is 0. The van der Waals surface area contributed by atoms with Crippen LogP contribution in [0.4, 0.5) is 0 Å². The maximum atomic E-state index is 12.2. The van der Waals surface area contributed by atoms with Crippen molar-refractivity contribution in [2.45, 2.75) is 51.9 Å². The van der Waals surface area contributed by atoms with Gasteiger partial charge >= 0.3 is 0 Å². The summed E-state index contributed by atoms with van der Waals surface area (Å²) >= 11 is 0. The Morgan fingerprint density at radius 1 is 0.862 bits per heavy atom. The Morgan fingerprint density at radius 3 is 2.00 bits per heavy atom. The average Bonchev–Trinajstić information content (AvgIpc) is 3.46. The maximum absolute atomic E-state index is 12.2. The zero-order valence-electron chi connectivity index (χ0n) is 17.2. The van der Waals surface area contributed by atoms with Crippen LogP contribution in [0.25, 0.3) is 0 Å². The van der Waals surface area contributed by atoms with Gasteiger partial charge in [0.25, 0.3) is 0 Å². The number of unbranched alkanes of at least 4 members (excludes halogenated alkanes) is 6. The Hall–Kier alpha value is -2.33. The normalized spacial score (nSPS) is 9.41. The molecule has 29 heavy (non-hydrogen) atoms. The smallest absolute Gasteiger partial charge is 0.112 e. The van der Waals surface area contributed by atoms with Crippen LogP contribution in [0.5, 0.6) is 0 Å². The van der Waals surface area contributed by atoms with Crippen molar-refractivity contribution >= 4 is 5.78 Å². The fourth-order valence-electron chi connectivity index (χ4n) is 2.88. The van der Waals surface area contributed by atoms with Crippen molar-refractivity contribution in [3.05, 3.63) is 95.6 Å². The van der Waals surface area contributed by atoms with Crippen LogP contribution in [0.3, 0.4) is 0 Å². The van der Waals surface area contributed by atoms with Gasteiger partial charge in [-0.2, -0.15) is 12.1 Å². The standard InChI is InChI=1S/C22H25O.C5H5.Fe/c1-2-3-4-5-6-7-8-9-12-19-15-17-21(18-16-19)22(23)20-13-10-11-14-20;1-2-4-5-3-1;/h10-11,13-18H,2-8H2,1H3;1-5H;/q-1;-5;. The molecule has 158 valence electrons. The van der Waals surface area contributed by atoms with E-state index in [-0.39, 0.29) is 22.9 Å². The molecule has 0 saturated carbocycles. The minimum atomic E-state index is 0. The van der Waals surface area contributed by atoms with E-state index >= 15 is 0 Å². The number of carbonyl (C=O) groups is 1. The molecule has 0 aliphatic heterocycles. The average molecular weight is 426 g/mol. The number of hydrogen-bond donors (Lipinski definition) is 0. The van der Waals surface area contributed by atoms with Crippen molar-refractivity contribution in [3.63, 3.8) is 0 Å². The summed E-state index contributed by atoms with van der Waals surface area (Å²) in [6.45, 7) is 2.24. The first-order valence-electron chi connectivity index (χ1n) is 10.3. The van der Waals surface area contributed by atoms with Gasteiger partial charge < -0.3 is 35.1 Å². The molecule has 3 aromatic rings. The summed E-state index contributed by atoms with van der Waals surface area (Å²) in [7, 11) is 0. The quantitative estimate of drug-likeness (QED) is 0.123. The first-order valence-corrected chi connectivity index (χ1v) is 10.3. The summed E-state index contributed by atoms with van der Waals surface area (Å²) in [4.78, 5) is 12.2. The summed E-state index contributed by atoms with van der Waals surface area (Å²) in [5.41, 5.74) is 2.44. The zero-order valence-corrected chi connectivity index (χ0v) is 18.3. The molecule has 0 aromatic heterocycles. The maximum Gasteiger partial charge on any atom is 0.112 e. The van der Waals surface area contributed by atoms with Crippen LogP contribution >= 0.6 is 0 Å². The Bertz CT molecular complexity index is 798. The molecule has 0 fully saturated rings. The third-order valence-electron chi connectivity index (χ3n) is 4.52. The molecular weight excluding hydrogens is 396 g/mol. The van der Waals surface area contributed by atoms with Crippen molar-refractivity contribution in [3.8, 4) is 11.8 Å². The molecule has 0 spiro atoms. The number of hydrogen-bond acceptors (Lipinski definition) is 1. The Morgan fingerprint density at radius 2 is 1.41 bits per heavy atom. The minimum Gasteiger partial charge on any atom is -0.748 e. The van der Waals surface area contributed by atoms with E-state index in [1.165, 1.54) is 38.5 Å². The van der Waals surface area contributed by atoms with Crippen LogP contribution in [0.2, 0.25) is 0 Å². The first kappa shape index (κ1) is 24.7. The van der Waals surface area contributed by atoms with E-state index in [1.807, 2.05) is 78.9 Å². The van der Waals surface area contributed by atoms with Gasteiger partial charge in [0, 0.05) is 29.1 Å². The monoisotopic (exact) mass is 426 g/mol. The van der Waals surface area contributed by atoms with Gasteiger partial charge in [0.05, 0.1) is 0 Å². The van der Waals surface area contributed by atoms with Crippen molar-refractivity contribution < 1.29 is 21.9 Å². The molecule has 0 radical (unpaired) electrons. The summed E-state index contributed by atoms with van der Waals surface area (Å²) in [5.74, 6) is 6.49. The van der Waals surface area contributed by atoms with Crippen LogP contribution < -0.4 is 0 Å². The number of ketones is 1. The topological polar surface area (TPSA) is 17.1 Å². The van der Waals surface area contributed by atoms with Crippen LogP contribution in [0, 0.1) is 11.8 Å². The molecule has 0 N–H and O–H groups in total. The molecule has 0 saturated heterocycles. The second-order valence-electron chi connectivity index (χ2n) is 6.86. The Kier molecular flexibility index (Phi) is 13.3. The Labute approximate surface area is 186 Å². The number of carbonyl (C=O) groups excluding carboxylic acids is 1. The molecule has 0 aliphatic carbocycles. The van der Waals surface area contributed by atoms with Gasteiger partial charge in [-0.25, -0.2) is 0 Å². The van der Waals surface area contributed by atoms with E-state index in [4.69, 9.17) is 0 Å². The predicted molar refractivity (Wildman–Crippen MR) is 119 cm³/mol. The number of rotatable bonds is 8. The van der Waals surface area contributed by atoms with Crippen molar-refractivity contribution in [1.29, 1.82) is 0 Å². The molecule has 0 atom stereocenters. The van der Waals surface area contributed by atoms with Crippen LogP contribution in [-0.2, 0) is 17.1 Å². The van der Waals surface area contributed by atoms with E-state index in [0.29, 0.717) is 0 Å². The van der Waals surface area contributed by atoms with Gasteiger partial charge in [-0.15, -0.1) is 12.1 Å². The van der Waals surface area contributed by atoms with Gasteiger partial charge in [-0.3, -0.25) is 0 Å². The van der Waals surface area contributed by atoms with Gasteiger partial charge in [0.15, 0.2) is 0 Å². The summed E-state index contributed by atoms with van der Waals surface area (Å²) in [6.07, 6.45) is 8.74. The van der Waals surface area contributed by atoms with Crippen LogP contribution in [0.15, 0.2) is 78.9 Å². The van der Waals surface area contributed by atoms with Crippen LogP contribution in [-0.4, -0.2) is 5.78 Å². The number of benzene rings is 1. The fraction of sp³-hybridized carbons (Fsp3) is 0.296. The first-order chi connectivity index (χ1) is 13.8. The molecule has 0 aliphatic rings. The molecular formula is C27H30FeO-6. The molecule has 0 unspecified atom stereocenters. The van der Waals surface area contributed by atoms with Crippen molar-refractivity contribution in [1.82, 2.24) is 0 Å². The van der Waals surface area contributed by atoms with E-state index < -0.39 is 0 Å². The summed E-state index contributed by atoms with van der Waals surface area (Å²) in [6, 6.07) is 25.1. The third-order valence-corrected chi connectivity index (χ3v) is 4.52. The molecule has 0 heterocycles. The second-order valence-corrected chi connectivity index (χ2v) is 6.86. The molecule has 0 bridgehead atoms. The molecule has 0 amide bonds. The molecule has 3 rings (SSSR count).